The van der Waals surface area contributed by atoms with Gasteiger partial charge in [-0.25, -0.2) is 10.4 Å². The predicted molar refractivity (Wildman–Crippen MR) is 96.8 cm³/mol. The Morgan fingerprint density at radius 2 is 2.07 bits per heavy atom. The van der Waals surface area contributed by atoms with Gasteiger partial charge in [-0.3, -0.25) is 30.1 Å². The van der Waals surface area contributed by atoms with Gasteiger partial charge in [0.25, 0.3) is 11.6 Å². The van der Waals surface area contributed by atoms with E-state index in [1.807, 2.05) is 0 Å². The van der Waals surface area contributed by atoms with E-state index >= 15 is 0 Å². The van der Waals surface area contributed by atoms with Gasteiger partial charge in [0.2, 0.25) is 16.9 Å². The van der Waals surface area contributed by atoms with Crippen LogP contribution in [0.1, 0.15) is 21.2 Å². The number of benzene rings is 1. The summed E-state index contributed by atoms with van der Waals surface area (Å²) < 4.78 is 0. The van der Waals surface area contributed by atoms with Crippen molar-refractivity contribution >= 4 is 40.2 Å². The zero-order valence-corrected chi connectivity index (χ0v) is 14.7. The van der Waals surface area contributed by atoms with Crippen LogP contribution >= 0.6 is 11.3 Å². The second-order valence-electron chi connectivity index (χ2n) is 5.11. The van der Waals surface area contributed by atoms with E-state index in [1.165, 1.54) is 36.8 Å². The monoisotopic (exact) mass is 401 g/mol. The fourth-order valence-electron chi connectivity index (χ4n) is 1.88. The second-order valence-corrected chi connectivity index (χ2v) is 6.17. The van der Waals surface area contributed by atoms with E-state index in [4.69, 9.17) is 0 Å². The highest BCUT2D eigenvalue weighted by Gasteiger charge is 2.14. The van der Waals surface area contributed by atoms with Crippen molar-refractivity contribution in [3.8, 4) is 0 Å². The highest BCUT2D eigenvalue weighted by Crippen LogP contribution is 2.16. The maximum absolute atomic E-state index is 11.9. The third kappa shape index (κ3) is 4.98. The molecule has 2 aromatic heterocycles. The first-order chi connectivity index (χ1) is 13.5. The van der Waals surface area contributed by atoms with Crippen molar-refractivity contribution in [2.24, 2.45) is 5.10 Å². The lowest BCUT2D eigenvalue weighted by molar-refractivity contribution is -0.384. The Bertz CT molecular complexity index is 1010. The maximum atomic E-state index is 11.9. The summed E-state index contributed by atoms with van der Waals surface area (Å²) in [7, 11) is 0. The molecule has 0 saturated carbocycles. The van der Waals surface area contributed by atoms with Gasteiger partial charge in [0.05, 0.1) is 17.6 Å². The van der Waals surface area contributed by atoms with Crippen LogP contribution in [0.2, 0.25) is 0 Å². The number of hydrogen-bond acceptors (Lipinski definition) is 10. The molecule has 142 valence electrons. The van der Waals surface area contributed by atoms with Crippen molar-refractivity contribution in [1.29, 1.82) is 0 Å². The first-order valence-corrected chi connectivity index (χ1v) is 8.38. The summed E-state index contributed by atoms with van der Waals surface area (Å²) in [6.45, 7) is 0. The number of non-ortho nitro benzene ring substituents is 1. The van der Waals surface area contributed by atoms with Crippen LogP contribution in [0.4, 0.5) is 10.8 Å². The first-order valence-electron chi connectivity index (χ1n) is 7.57. The number of aromatic amines is 1. The van der Waals surface area contributed by atoms with Crippen LogP contribution in [0.5, 0.6) is 0 Å². The minimum atomic E-state index is -0.530. The first kappa shape index (κ1) is 18.7. The molecule has 1 aromatic carbocycles. The summed E-state index contributed by atoms with van der Waals surface area (Å²) in [6, 6.07) is 5.67. The molecule has 0 aliphatic rings. The molecule has 0 fully saturated rings. The van der Waals surface area contributed by atoms with Crippen molar-refractivity contribution < 1.29 is 14.5 Å². The average Bonchev–Trinajstić information content (AvgIpc) is 3.34. The van der Waals surface area contributed by atoms with Gasteiger partial charge in [-0.1, -0.05) is 11.3 Å². The third-order valence-corrected chi connectivity index (χ3v) is 3.97. The Morgan fingerprint density at radius 3 is 2.75 bits per heavy atom. The average molecular weight is 401 g/mol. The number of H-pyrrole nitrogens is 1. The van der Waals surface area contributed by atoms with Crippen LogP contribution < -0.4 is 10.7 Å². The van der Waals surface area contributed by atoms with Gasteiger partial charge >= 0.3 is 0 Å². The number of nitro groups is 1. The molecule has 0 atom stereocenters. The molecule has 3 N–H and O–H groups in total. The molecule has 0 unspecified atom stereocenters. The molecule has 0 bridgehead atoms. The molecule has 3 rings (SSSR count). The van der Waals surface area contributed by atoms with Gasteiger partial charge < -0.3 is 0 Å². The second kappa shape index (κ2) is 8.54. The number of nitrogens with one attached hydrogen (secondary N) is 3. The maximum Gasteiger partial charge on any atom is 0.294 e. The molecule has 2 amide bonds. The van der Waals surface area contributed by atoms with Crippen LogP contribution in [-0.4, -0.2) is 48.3 Å². The van der Waals surface area contributed by atoms with E-state index in [9.17, 15) is 19.7 Å². The molecule has 0 aliphatic heterocycles. The van der Waals surface area contributed by atoms with E-state index in [1.54, 1.807) is 0 Å². The summed E-state index contributed by atoms with van der Waals surface area (Å²) >= 11 is 1.03. The Hall–Kier alpha value is -4.07. The number of anilines is 1. The number of nitro benzene ring substituents is 1. The Morgan fingerprint density at radius 1 is 1.29 bits per heavy atom. The topological polar surface area (TPSA) is 181 Å². The minimum absolute atomic E-state index is 0.0232. The van der Waals surface area contributed by atoms with Crippen molar-refractivity contribution in [3.05, 3.63) is 57.1 Å². The molecular weight excluding hydrogens is 390 g/mol. The summed E-state index contributed by atoms with van der Waals surface area (Å²) in [6.07, 6.45) is 2.46. The lowest BCUT2D eigenvalue weighted by atomic mass is 10.2. The van der Waals surface area contributed by atoms with E-state index in [0.717, 1.165) is 11.3 Å². The van der Waals surface area contributed by atoms with Crippen molar-refractivity contribution in [2.45, 2.75) is 6.42 Å². The molecule has 0 aliphatic carbocycles. The minimum Gasteiger partial charge on any atom is -0.294 e. The zero-order valence-electron chi connectivity index (χ0n) is 13.9. The number of hydrazone groups is 1. The molecule has 0 radical (unpaired) electrons. The van der Waals surface area contributed by atoms with E-state index in [0.29, 0.717) is 10.6 Å². The molecule has 13 nitrogen and oxygen atoms in total. The number of amides is 2. The van der Waals surface area contributed by atoms with E-state index in [-0.39, 0.29) is 23.1 Å². The number of carbonyl (C=O) groups is 2. The number of hydrogen-bond donors (Lipinski definition) is 3. The highest BCUT2D eigenvalue weighted by atomic mass is 32.1. The van der Waals surface area contributed by atoms with Gasteiger partial charge in [-0.2, -0.15) is 10.2 Å². The molecule has 2 heterocycles. The summed E-state index contributed by atoms with van der Waals surface area (Å²) in [5.41, 5.74) is 2.86. The lowest BCUT2D eigenvalue weighted by Gasteiger charge is -1.97. The highest BCUT2D eigenvalue weighted by molar-refractivity contribution is 7.15. The molecular formula is C14H11N9O4S. The lowest BCUT2D eigenvalue weighted by Crippen LogP contribution is -2.19. The van der Waals surface area contributed by atoms with Crippen LogP contribution in [0.25, 0.3) is 0 Å². The Balaban J connectivity index is 1.49. The predicted octanol–water partition coefficient (Wildman–Crippen LogP) is 0.509. The largest absolute Gasteiger partial charge is 0.294 e. The molecule has 0 spiro atoms. The number of nitrogens with zero attached hydrogens (tertiary/aromatic N) is 6. The SMILES string of the molecule is O=C(Cc1nnc(NC(=O)c2ncn[nH]2)s1)N/N=C\c1ccc([N+](=O)[O-])cc1. The smallest absolute Gasteiger partial charge is 0.294 e. The van der Waals surface area contributed by atoms with Crippen molar-refractivity contribution in [1.82, 2.24) is 30.8 Å². The number of aromatic nitrogens is 5. The quantitative estimate of drug-likeness (QED) is 0.291. The van der Waals surface area contributed by atoms with Gasteiger partial charge in [-0.05, 0) is 17.7 Å². The van der Waals surface area contributed by atoms with Crippen LogP contribution in [0.3, 0.4) is 0 Å². The number of carbonyl (C=O) groups excluding carboxylic acids is 2. The molecule has 28 heavy (non-hydrogen) atoms. The van der Waals surface area contributed by atoms with Crippen LogP contribution in [-0.2, 0) is 11.2 Å². The van der Waals surface area contributed by atoms with Gasteiger partial charge in [-0.15, -0.1) is 10.2 Å². The van der Waals surface area contributed by atoms with E-state index in [2.05, 4.69) is 41.2 Å². The Labute approximate surface area is 160 Å². The van der Waals surface area contributed by atoms with Gasteiger partial charge in [0.15, 0.2) is 0 Å². The standard InChI is InChI=1S/C14H11N9O4S/c24-10(19-16-6-8-1-3-9(4-2-8)23(26)27)5-11-20-22-14(28-11)18-13(25)12-15-7-17-21-12/h1-4,6-7H,5H2,(H,19,24)(H,15,17,21)(H,18,22,25)/b16-6-. The van der Waals surface area contributed by atoms with Crippen LogP contribution in [0.15, 0.2) is 35.7 Å². The molecule has 0 saturated heterocycles. The third-order valence-electron chi connectivity index (χ3n) is 3.14. The van der Waals surface area contributed by atoms with Crippen molar-refractivity contribution in [2.75, 3.05) is 5.32 Å². The Kier molecular flexibility index (Phi) is 5.71. The summed E-state index contributed by atoms with van der Waals surface area (Å²) in [5, 5.41) is 31.0. The summed E-state index contributed by atoms with van der Waals surface area (Å²) in [5.74, 6) is -0.949. The molecule has 3 aromatic rings. The fourth-order valence-corrected chi connectivity index (χ4v) is 2.62. The molecule has 14 heteroatoms. The normalized spacial score (nSPS) is 10.7. The van der Waals surface area contributed by atoms with Gasteiger partial charge in [0, 0.05) is 12.1 Å². The van der Waals surface area contributed by atoms with Crippen LogP contribution in [0, 0.1) is 10.1 Å². The van der Waals surface area contributed by atoms with Gasteiger partial charge in [0.1, 0.15) is 11.3 Å². The van der Waals surface area contributed by atoms with E-state index < -0.39 is 16.7 Å². The van der Waals surface area contributed by atoms with Crippen molar-refractivity contribution in [3.63, 3.8) is 0 Å². The zero-order chi connectivity index (χ0) is 19.9. The fraction of sp³-hybridized carbons (Fsp3) is 0.0714. The summed E-state index contributed by atoms with van der Waals surface area (Å²) in [4.78, 5) is 37.5. The number of rotatable bonds is 7.